The van der Waals surface area contributed by atoms with Gasteiger partial charge in [0.25, 0.3) is 0 Å². The highest BCUT2D eigenvalue weighted by Gasteiger charge is 2.31. The number of nitrogens with zero attached hydrogens (tertiary/aromatic N) is 2. The molecule has 0 radical (unpaired) electrons. The molecule has 2 aliphatic rings. The average Bonchev–Trinajstić information content (AvgIpc) is 2.97. The van der Waals surface area contributed by atoms with Crippen LogP contribution >= 0.6 is 0 Å². The highest BCUT2D eigenvalue weighted by atomic mass is 16.4. The molecule has 126 valence electrons. The van der Waals surface area contributed by atoms with Crippen LogP contribution in [-0.4, -0.2) is 59.0 Å². The van der Waals surface area contributed by atoms with Crippen LogP contribution in [0.1, 0.15) is 58.3 Å². The van der Waals surface area contributed by atoms with E-state index in [0.29, 0.717) is 25.6 Å². The van der Waals surface area contributed by atoms with Crippen molar-refractivity contribution in [3.05, 3.63) is 0 Å². The summed E-state index contributed by atoms with van der Waals surface area (Å²) in [6.45, 7) is 4.66. The number of hydrogen-bond donors (Lipinski definition) is 1. The first-order valence-corrected chi connectivity index (χ1v) is 8.86. The van der Waals surface area contributed by atoms with Gasteiger partial charge in [-0.1, -0.05) is 32.6 Å². The van der Waals surface area contributed by atoms with Gasteiger partial charge in [-0.05, 0) is 32.2 Å². The van der Waals surface area contributed by atoms with Crippen molar-refractivity contribution >= 4 is 11.9 Å². The van der Waals surface area contributed by atoms with E-state index in [0.717, 1.165) is 38.8 Å². The van der Waals surface area contributed by atoms with Gasteiger partial charge < -0.3 is 10.0 Å². The van der Waals surface area contributed by atoms with E-state index in [2.05, 4.69) is 11.8 Å². The van der Waals surface area contributed by atoms with E-state index in [1.54, 1.807) is 0 Å². The Balaban J connectivity index is 1.89. The molecule has 5 heteroatoms. The molecule has 1 saturated heterocycles. The Morgan fingerprint density at radius 3 is 2.50 bits per heavy atom. The van der Waals surface area contributed by atoms with Crippen molar-refractivity contribution in [2.45, 2.75) is 64.3 Å². The third-order valence-corrected chi connectivity index (χ3v) is 5.07. The molecule has 1 saturated carbocycles. The molecule has 0 bridgehead atoms. The molecule has 2 rings (SSSR count). The molecule has 0 aromatic rings. The Bertz CT molecular complexity index is 380. The number of carbonyl (C=O) groups excluding carboxylic acids is 1. The summed E-state index contributed by atoms with van der Waals surface area (Å²) in [7, 11) is 0. The van der Waals surface area contributed by atoms with E-state index < -0.39 is 5.97 Å². The maximum Gasteiger partial charge on any atom is 0.307 e. The Labute approximate surface area is 133 Å². The topological polar surface area (TPSA) is 60.9 Å². The molecule has 1 heterocycles. The van der Waals surface area contributed by atoms with E-state index >= 15 is 0 Å². The summed E-state index contributed by atoms with van der Waals surface area (Å²) >= 11 is 0. The summed E-state index contributed by atoms with van der Waals surface area (Å²) in [5.74, 6) is -0.831. The van der Waals surface area contributed by atoms with E-state index in [1.807, 2.05) is 4.90 Å². The second-order valence-electron chi connectivity index (χ2n) is 6.79. The van der Waals surface area contributed by atoms with Crippen molar-refractivity contribution in [2.24, 2.45) is 5.92 Å². The highest BCUT2D eigenvalue weighted by molar-refractivity contribution is 5.79. The molecule has 0 aromatic heterocycles. The fourth-order valence-corrected chi connectivity index (χ4v) is 3.69. The zero-order valence-electron chi connectivity index (χ0n) is 13.8. The number of hydrogen-bond acceptors (Lipinski definition) is 3. The molecule has 1 atom stereocenters. The van der Waals surface area contributed by atoms with Crippen molar-refractivity contribution < 1.29 is 14.7 Å². The van der Waals surface area contributed by atoms with Crippen molar-refractivity contribution in [2.75, 3.05) is 26.2 Å². The molecule has 5 nitrogen and oxygen atoms in total. The number of amides is 1. The Kier molecular flexibility index (Phi) is 6.68. The second-order valence-corrected chi connectivity index (χ2v) is 6.79. The normalized spacial score (nSPS) is 23.6. The van der Waals surface area contributed by atoms with E-state index in [9.17, 15) is 9.59 Å². The SMILES string of the molecule is CCCCN(C(=O)CN1CCC(C(=O)O)C1)C1CCCCC1. The number of aliphatic carboxylic acids is 1. The molecule has 1 aliphatic heterocycles. The lowest BCUT2D eigenvalue weighted by molar-refractivity contribution is -0.142. The van der Waals surface area contributed by atoms with Crippen LogP contribution in [0, 0.1) is 5.92 Å². The Morgan fingerprint density at radius 1 is 1.18 bits per heavy atom. The third kappa shape index (κ3) is 4.70. The lowest BCUT2D eigenvalue weighted by Gasteiger charge is -2.35. The number of unbranched alkanes of at least 4 members (excludes halogenated alkanes) is 1. The predicted molar refractivity (Wildman–Crippen MR) is 85.7 cm³/mol. The molecule has 0 aromatic carbocycles. The van der Waals surface area contributed by atoms with E-state index in [4.69, 9.17) is 5.11 Å². The van der Waals surface area contributed by atoms with Crippen molar-refractivity contribution in [3.63, 3.8) is 0 Å². The van der Waals surface area contributed by atoms with Gasteiger partial charge in [-0.25, -0.2) is 0 Å². The highest BCUT2D eigenvalue weighted by Crippen LogP contribution is 2.24. The largest absolute Gasteiger partial charge is 0.481 e. The minimum Gasteiger partial charge on any atom is -0.481 e. The van der Waals surface area contributed by atoms with Crippen molar-refractivity contribution in [1.82, 2.24) is 9.80 Å². The number of carboxylic acid groups (broad SMARTS) is 1. The summed E-state index contributed by atoms with van der Waals surface area (Å²) in [5, 5.41) is 9.07. The molecule has 2 fully saturated rings. The molecular formula is C17H30N2O3. The molecule has 0 spiro atoms. The van der Waals surface area contributed by atoms with Crippen molar-refractivity contribution in [1.29, 1.82) is 0 Å². The molecule has 22 heavy (non-hydrogen) atoms. The third-order valence-electron chi connectivity index (χ3n) is 5.07. The standard InChI is InChI=1S/C17H30N2O3/c1-2-3-10-19(15-7-5-4-6-8-15)16(20)13-18-11-9-14(12-18)17(21)22/h14-15H,2-13H2,1H3,(H,21,22). The quantitative estimate of drug-likeness (QED) is 0.784. The van der Waals surface area contributed by atoms with Crippen molar-refractivity contribution in [3.8, 4) is 0 Å². The zero-order chi connectivity index (χ0) is 15.9. The van der Waals surface area contributed by atoms with Gasteiger partial charge in [-0.15, -0.1) is 0 Å². The smallest absolute Gasteiger partial charge is 0.307 e. The number of rotatable bonds is 7. The number of carbonyl (C=O) groups is 2. The summed E-state index contributed by atoms with van der Waals surface area (Å²) in [4.78, 5) is 27.9. The van der Waals surface area contributed by atoms with Gasteiger partial charge in [0.2, 0.25) is 5.91 Å². The minimum absolute atomic E-state index is 0.200. The monoisotopic (exact) mass is 310 g/mol. The minimum atomic E-state index is -0.731. The van der Waals surface area contributed by atoms with Gasteiger partial charge in [0.05, 0.1) is 12.5 Å². The van der Waals surface area contributed by atoms with Gasteiger partial charge in [-0.2, -0.15) is 0 Å². The molecule has 1 unspecified atom stereocenters. The van der Waals surface area contributed by atoms with E-state index in [1.165, 1.54) is 19.3 Å². The molecular weight excluding hydrogens is 280 g/mol. The average molecular weight is 310 g/mol. The van der Waals surface area contributed by atoms with Gasteiger partial charge >= 0.3 is 5.97 Å². The molecule has 1 amide bonds. The van der Waals surface area contributed by atoms with Crippen LogP contribution in [0.5, 0.6) is 0 Å². The maximum atomic E-state index is 12.7. The first-order valence-electron chi connectivity index (χ1n) is 8.86. The van der Waals surface area contributed by atoms with Crippen LogP contribution < -0.4 is 0 Å². The molecule has 1 aliphatic carbocycles. The molecule has 1 N–H and O–H groups in total. The van der Waals surface area contributed by atoms with Crippen LogP contribution in [0.2, 0.25) is 0 Å². The fraction of sp³-hybridized carbons (Fsp3) is 0.882. The predicted octanol–water partition coefficient (Wildman–Crippen LogP) is 2.35. The first-order chi connectivity index (χ1) is 10.6. The lowest BCUT2D eigenvalue weighted by Crippen LogP contribution is -2.46. The summed E-state index contributed by atoms with van der Waals surface area (Å²) < 4.78 is 0. The van der Waals surface area contributed by atoms with Crippen LogP contribution in [0.4, 0.5) is 0 Å². The fourth-order valence-electron chi connectivity index (χ4n) is 3.69. The number of likely N-dealkylation sites (tertiary alicyclic amines) is 1. The first kappa shape index (κ1) is 17.3. The number of carboxylic acids is 1. The Morgan fingerprint density at radius 2 is 1.91 bits per heavy atom. The van der Waals surface area contributed by atoms with Gasteiger partial charge in [0.1, 0.15) is 0 Å². The van der Waals surface area contributed by atoms with Crippen LogP contribution in [0.25, 0.3) is 0 Å². The lowest BCUT2D eigenvalue weighted by atomic mass is 9.94. The Hall–Kier alpha value is -1.10. The van der Waals surface area contributed by atoms with E-state index in [-0.39, 0.29) is 11.8 Å². The summed E-state index contributed by atoms with van der Waals surface area (Å²) in [6.07, 6.45) is 8.83. The summed E-state index contributed by atoms with van der Waals surface area (Å²) in [6, 6.07) is 0.408. The van der Waals surface area contributed by atoms with Gasteiger partial charge in [0, 0.05) is 19.1 Å². The maximum absolute atomic E-state index is 12.7. The van der Waals surface area contributed by atoms with Gasteiger partial charge in [-0.3, -0.25) is 14.5 Å². The summed E-state index contributed by atoms with van der Waals surface area (Å²) in [5.41, 5.74) is 0. The zero-order valence-corrected chi connectivity index (χ0v) is 13.8. The van der Waals surface area contributed by atoms with Gasteiger partial charge in [0.15, 0.2) is 0 Å². The van der Waals surface area contributed by atoms with Crippen LogP contribution in [-0.2, 0) is 9.59 Å². The second kappa shape index (κ2) is 8.51. The van der Waals surface area contributed by atoms with Crippen LogP contribution in [0.15, 0.2) is 0 Å². The van der Waals surface area contributed by atoms with Crippen LogP contribution in [0.3, 0.4) is 0 Å².